The molecular formula is C24H31N5O3S. The number of rotatable bonds is 6. The van der Waals surface area contributed by atoms with Crippen LogP contribution in [0, 0.1) is 5.92 Å². The van der Waals surface area contributed by atoms with Crippen molar-refractivity contribution in [3.05, 3.63) is 47.9 Å². The molecule has 9 heteroatoms. The van der Waals surface area contributed by atoms with Crippen molar-refractivity contribution >= 4 is 26.9 Å². The van der Waals surface area contributed by atoms with Gasteiger partial charge in [-0.3, -0.25) is 0 Å². The maximum absolute atomic E-state index is 11.9. The van der Waals surface area contributed by atoms with Gasteiger partial charge in [0.15, 0.2) is 0 Å². The number of aryl methyl sites for hydroxylation is 1. The molecule has 1 aromatic carbocycles. The zero-order valence-corrected chi connectivity index (χ0v) is 20.1. The van der Waals surface area contributed by atoms with Crippen LogP contribution in [0.25, 0.3) is 10.9 Å². The van der Waals surface area contributed by atoms with Gasteiger partial charge in [-0.05, 0) is 55.5 Å². The van der Waals surface area contributed by atoms with Gasteiger partial charge >= 0.3 is 0 Å². The lowest BCUT2D eigenvalue weighted by Crippen LogP contribution is -2.37. The van der Waals surface area contributed by atoms with E-state index in [1.54, 1.807) is 0 Å². The van der Waals surface area contributed by atoms with E-state index in [0.717, 1.165) is 66.3 Å². The van der Waals surface area contributed by atoms with Gasteiger partial charge in [-0.15, -0.1) is 0 Å². The van der Waals surface area contributed by atoms with E-state index in [2.05, 4.69) is 44.6 Å². The van der Waals surface area contributed by atoms with Crippen molar-refractivity contribution in [2.75, 3.05) is 37.4 Å². The van der Waals surface area contributed by atoms with Crippen LogP contribution in [-0.2, 0) is 29.5 Å². The molecule has 0 atom stereocenters. The van der Waals surface area contributed by atoms with E-state index in [4.69, 9.17) is 4.74 Å². The first-order valence-electron chi connectivity index (χ1n) is 11.7. The lowest BCUT2D eigenvalue weighted by Gasteiger charge is -2.32. The standard InChI is InChI=1S/C24H31N5O3S/c1-3-20-6-9-25-24(26-20)27-10-7-18(8-11-27)17-32-22-4-5-23-19(15-22)14-21-16-28(33(2,30)31)12-13-29(21)23/h4-6,9,14-15,18H,3,7-8,10-13,16-17H2,1-2H3. The summed E-state index contributed by atoms with van der Waals surface area (Å²) in [6, 6.07) is 10.3. The minimum Gasteiger partial charge on any atom is -0.493 e. The normalized spacial score (nSPS) is 17.9. The topological polar surface area (TPSA) is 80.6 Å². The molecule has 0 N–H and O–H groups in total. The van der Waals surface area contributed by atoms with E-state index in [0.29, 0.717) is 32.2 Å². The van der Waals surface area contributed by atoms with E-state index in [9.17, 15) is 8.42 Å². The average Bonchev–Trinajstić information content (AvgIpc) is 3.19. The zero-order chi connectivity index (χ0) is 23.0. The van der Waals surface area contributed by atoms with Crippen LogP contribution in [0.1, 0.15) is 31.2 Å². The second-order valence-electron chi connectivity index (χ2n) is 9.05. The average molecular weight is 470 g/mol. The number of anilines is 1. The van der Waals surface area contributed by atoms with Crippen LogP contribution >= 0.6 is 0 Å². The molecule has 0 unspecified atom stereocenters. The second-order valence-corrected chi connectivity index (χ2v) is 11.0. The molecule has 0 spiro atoms. The molecule has 2 aliphatic rings. The Morgan fingerprint density at radius 3 is 2.67 bits per heavy atom. The van der Waals surface area contributed by atoms with Crippen molar-refractivity contribution in [2.24, 2.45) is 5.92 Å². The first-order valence-corrected chi connectivity index (χ1v) is 13.5. The largest absolute Gasteiger partial charge is 0.493 e. The molecular weight excluding hydrogens is 438 g/mol. The Labute approximate surface area is 195 Å². The van der Waals surface area contributed by atoms with Crippen LogP contribution in [0.3, 0.4) is 0 Å². The van der Waals surface area contributed by atoms with Crippen molar-refractivity contribution in [3.63, 3.8) is 0 Å². The lowest BCUT2D eigenvalue weighted by molar-refractivity contribution is 0.222. The van der Waals surface area contributed by atoms with E-state index in [1.165, 1.54) is 10.6 Å². The Morgan fingerprint density at radius 1 is 1.09 bits per heavy atom. The molecule has 1 saturated heterocycles. The molecule has 2 aliphatic heterocycles. The minimum atomic E-state index is -3.18. The minimum absolute atomic E-state index is 0.424. The highest BCUT2D eigenvalue weighted by Gasteiger charge is 2.25. The number of ether oxygens (including phenoxy) is 1. The van der Waals surface area contributed by atoms with Crippen molar-refractivity contribution < 1.29 is 13.2 Å². The van der Waals surface area contributed by atoms with Gasteiger partial charge in [-0.2, -0.15) is 4.31 Å². The van der Waals surface area contributed by atoms with E-state index >= 15 is 0 Å². The molecule has 3 aromatic rings. The highest BCUT2D eigenvalue weighted by Crippen LogP contribution is 2.29. The van der Waals surface area contributed by atoms with Gasteiger partial charge in [0.25, 0.3) is 0 Å². The van der Waals surface area contributed by atoms with E-state index < -0.39 is 10.0 Å². The molecule has 2 aromatic heterocycles. The van der Waals surface area contributed by atoms with Crippen LogP contribution in [0.2, 0.25) is 0 Å². The third-order valence-corrected chi connectivity index (χ3v) is 8.03. The number of hydrogen-bond acceptors (Lipinski definition) is 6. The SMILES string of the molecule is CCc1ccnc(N2CCC(COc3ccc4c(c3)cc3n4CCN(S(C)(=O)=O)C3)CC2)n1. The summed E-state index contributed by atoms with van der Waals surface area (Å²) in [4.78, 5) is 11.4. The van der Waals surface area contributed by atoms with Crippen molar-refractivity contribution in [1.82, 2.24) is 18.8 Å². The van der Waals surface area contributed by atoms with E-state index in [-0.39, 0.29) is 0 Å². The molecule has 0 aliphatic carbocycles. The van der Waals surface area contributed by atoms with Crippen LogP contribution in [0.4, 0.5) is 5.95 Å². The summed E-state index contributed by atoms with van der Waals surface area (Å²) in [5.74, 6) is 2.22. The predicted octanol–water partition coefficient (Wildman–Crippen LogP) is 3.06. The molecule has 0 saturated carbocycles. The quantitative estimate of drug-likeness (QED) is 0.552. The predicted molar refractivity (Wildman–Crippen MR) is 129 cm³/mol. The van der Waals surface area contributed by atoms with Gasteiger partial charge in [-0.25, -0.2) is 18.4 Å². The molecule has 4 heterocycles. The molecule has 0 amide bonds. The maximum Gasteiger partial charge on any atom is 0.225 e. The van der Waals surface area contributed by atoms with Gasteiger partial charge in [-0.1, -0.05) is 6.92 Å². The van der Waals surface area contributed by atoms with E-state index in [1.807, 2.05) is 18.3 Å². The van der Waals surface area contributed by atoms with Crippen LogP contribution in [0.5, 0.6) is 5.75 Å². The monoisotopic (exact) mass is 469 g/mol. The van der Waals surface area contributed by atoms with Gasteiger partial charge in [0, 0.05) is 54.7 Å². The fourth-order valence-corrected chi connectivity index (χ4v) is 5.57. The summed E-state index contributed by atoms with van der Waals surface area (Å²) in [5, 5.41) is 1.10. The summed E-state index contributed by atoms with van der Waals surface area (Å²) in [7, 11) is -3.18. The third-order valence-electron chi connectivity index (χ3n) is 6.78. The number of nitrogens with zero attached hydrogens (tertiary/aromatic N) is 5. The van der Waals surface area contributed by atoms with Gasteiger partial charge in [0.05, 0.1) is 19.4 Å². The Morgan fingerprint density at radius 2 is 1.91 bits per heavy atom. The zero-order valence-electron chi connectivity index (χ0n) is 19.3. The number of hydrogen-bond donors (Lipinski definition) is 0. The highest BCUT2D eigenvalue weighted by molar-refractivity contribution is 7.88. The van der Waals surface area contributed by atoms with Crippen LogP contribution in [0.15, 0.2) is 36.5 Å². The number of fused-ring (bicyclic) bond motifs is 3. The first-order chi connectivity index (χ1) is 15.9. The van der Waals surface area contributed by atoms with Crippen molar-refractivity contribution in [1.29, 1.82) is 0 Å². The molecule has 0 radical (unpaired) electrons. The van der Waals surface area contributed by atoms with Gasteiger partial charge < -0.3 is 14.2 Å². The summed E-state index contributed by atoms with van der Waals surface area (Å²) in [6.45, 7) is 6.32. The molecule has 8 nitrogen and oxygen atoms in total. The van der Waals surface area contributed by atoms with Crippen molar-refractivity contribution in [2.45, 2.75) is 39.3 Å². The number of benzene rings is 1. The molecule has 176 valence electrons. The van der Waals surface area contributed by atoms with Crippen LogP contribution in [-0.4, -0.2) is 59.8 Å². The molecule has 5 rings (SSSR count). The fraction of sp³-hybridized carbons (Fsp3) is 0.500. The second kappa shape index (κ2) is 8.95. The molecule has 0 bridgehead atoms. The number of sulfonamides is 1. The molecule has 1 fully saturated rings. The fourth-order valence-electron chi connectivity index (χ4n) is 4.79. The summed E-state index contributed by atoms with van der Waals surface area (Å²) >= 11 is 0. The smallest absolute Gasteiger partial charge is 0.225 e. The highest BCUT2D eigenvalue weighted by atomic mass is 32.2. The van der Waals surface area contributed by atoms with Gasteiger partial charge in [0.2, 0.25) is 16.0 Å². The summed E-state index contributed by atoms with van der Waals surface area (Å²) in [6.07, 6.45) is 6.17. The summed E-state index contributed by atoms with van der Waals surface area (Å²) < 4.78 is 33.8. The first kappa shape index (κ1) is 22.2. The molecule has 33 heavy (non-hydrogen) atoms. The third kappa shape index (κ3) is 4.70. The number of aromatic nitrogens is 3. The lowest BCUT2D eigenvalue weighted by atomic mass is 9.98. The maximum atomic E-state index is 11.9. The van der Waals surface area contributed by atoms with Crippen molar-refractivity contribution in [3.8, 4) is 5.75 Å². The van der Waals surface area contributed by atoms with Gasteiger partial charge in [0.1, 0.15) is 5.75 Å². The Hall–Kier alpha value is -2.65. The Kier molecular flexibility index (Phi) is 6.01. The Bertz CT molecular complexity index is 1250. The summed E-state index contributed by atoms with van der Waals surface area (Å²) in [5.41, 5.74) is 3.24. The Balaban J connectivity index is 1.19. The number of piperidine rings is 1. The van der Waals surface area contributed by atoms with Crippen LogP contribution < -0.4 is 9.64 Å².